The molecular formula is C14H15NO3. The van der Waals surface area contributed by atoms with E-state index in [2.05, 4.69) is 5.32 Å². The number of allylic oxidation sites excluding steroid dienone is 3. The monoisotopic (exact) mass is 245 g/mol. The summed E-state index contributed by atoms with van der Waals surface area (Å²) in [6.07, 6.45) is 6.53. The maximum Gasteiger partial charge on any atom is 0.336 e. The largest absolute Gasteiger partial charge is 0.478 e. The molecule has 0 atom stereocenters. The summed E-state index contributed by atoms with van der Waals surface area (Å²) in [5, 5.41) is 11.6. The number of hydrogen-bond acceptors (Lipinski definition) is 2. The van der Waals surface area contributed by atoms with Crippen molar-refractivity contribution < 1.29 is 14.7 Å². The second kappa shape index (κ2) is 6.39. The fraction of sp³-hybridized carbons (Fsp3) is 0.143. The second-order valence-electron chi connectivity index (χ2n) is 3.71. The number of carboxylic acid groups (broad SMARTS) is 1. The zero-order chi connectivity index (χ0) is 13.5. The van der Waals surface area contributed by atoms with Crippen LogP contribution in [-0.2, 0) is 4.79 Å². The number of rotatable bonds is 4. The van der Waals surface area contributed by atoms with E-state index in [9.17, 15) is 9.59 Å². The van der Waals surface area contributed by atoms with E-state index in [-0.39, 0.29) is 11.5 Å². The first kappa shape index (κ1) is 13.7. The molecule has 4 heteroatoms. The molecule has 0 spiro atoms. The number of hydrogen-bond donors (Lipinski definition) is 2. The van der Waals surface area contributed by atoms with Crippen LogP contribution in [0.25, 0.3) is 0 Å². The van der Waals surface area contributed by atoms with Crippen LogP contribution in [0.1, 0.15) is 22.8 Å². The van der Waals surface area contributed by atoms with Gasteiger partial charge >= 0.3 is 5.97 Å². The molecule has 1 aromatic carbocycles. The van der Waals surface area contributed by atoms with E-state index in [1.807, 2.05) is 6.92 Å². The van der Waals surface area contributed by atoms with Crippen LogP contribution in [0.15, 0.2) is 42.5 Å². The maximum atomic E-state index is 11.5. The lowest BCUT2D eigenvalue weighted by molar-refractivity contribution is -0.111. The summed E-state index contributed by atoms with van der Waals surface area (Å²) >= 11 is 0. The first-order valence-corrected chi connectivity index (χ1v) is 5.49. The first-order chi connectivity index (χ1) is 8.54. The Balaban J connectivity index is 2.83. The average molecular weight is 245 g/mol. The molecule has 0 saturated heterocycles. The predicted octanol–water partition coefficient (Wildman–Crippen LogP) is 2.76. The van der Waals surface area contributed by atoms with Crippen molar-refractivity contribution in [1.82, 2.24) is 0 Å². The highest BCUT2D eigenvalue weighted by atomic mass is 16.4. The average Bonchev–Trinajstić information content (AvgIpc) is 2.31. The van der Waals surface area contributed by atoms with Crippen molar-refractivity contribution in [2.24, 2.45) is 0 Å². The van der Waals surface area contributed by atoms with Gasteiger partial charge in [-0.3, -0.25) is 4.79 Å². The Hall–Kier alpha value is -2.36. The maximum absolute atomic E-state index is 11.5. The number of carbonyl (C=O) groups excluding carboxylic acids is 1. The van der Waals surface area contributed by atoms with E-state index in [0.29, 0.717) is 11.3 Å². The van der Waals surface area contributed by atoms with Gasteiger partial charge in [-0.1, -0.05) is 24.3 Å². The van der Waals surface area contributed by atoms with E-state index in [1.165, 1.54) is 12.1 Å². The highest BCUT2D eigenvalue weighted by Gasteiger charge is 2.08. The Morgan fingerprint density at radius 2 is 2.00 bits per heavy atom. The Morgan fingerprint density at radius 1 is 1.28 bits per heavy atom. The first-order valence-electron chi connectivity index (χ1n) is 5.49. The molecule has 0 fully saturated rings. The SMILES string of the molecule is C/C=C/C=C/C(=O)Nc1ccc(C)c(C(=O)O)c1. The van der Waals surface area contributed by atoms with Crippen molar-refractivity contribution in [3.8, 4) is 0 Å². The smallest absolute Gasteiger partial charge is 0.336 e. The van der Waals surface area contributed by atoms with Gasteiger partial charge in [0.25, 0.3) is 0 Å². The molecule has 18 heavy (non-hydrogen) atoms. The van der Waals surface area contributed by atoms with Crippen LogP contribution in [0.4, 0.5) is 5.69 Å². The third-order valence-electron chi connectivity index (χ3n) is 2.29. The molecule has 0 aliphatic carbocycles. The molecular weight excluding hydrogens is 230 g/mol. The lowest BCUT2D eigenvalue weighted by atomic mass is 10.1. The fourth-order valence-corrected chi connectivity index (χ4v) is 1.37. The number of benzene rings is 1. The quantitative estimate of drug-likeness (QED) is 0.633. The van der Waals surface area contributed by atoms with Gasteiger partial charge in [-0.25, -0.2) is 4.79 Å². The van der Waals surface area contributed by atoms with Gasteiger partial charge in [-0.15, -0.1) is 0 Å². The highest BCUT2D eigenvalue weighted by molar-refractivity contribution is 6.00. The summed E-state index contributed by atoms with van der Waals surface area (Å²) in [6, 6.07) is 4.77. The van der Waals surface area contributed by atoms with Crippen LogP contribution >= 0.6 is 0 Å². The van der Waals surface area contributed by atoms with Gasteiger partial charge in [-0.05, 0) is 31.5 Å². The van der Waals surface area contributed by atoms with Crippen molar-refractivity contribution in [2.45, 2.75) is 13.8 Å². The number of anilines is 1. The fourth-order valence-electron chi connectivity index (χ4n) is 1.37. The number of aryl methyl sites for hydroxylation is 1. The van der Waals surface area contributed by atoms with Crippen molar-refractivity contribution in [3.63, 3.8) is 0 Å². The van der Waals surface area contributed by atoms with Crippen LogP contribution in [0.5, 0.6) is 0 Å². The summed E-state index contributed by atoms with van der Waals surface area (Å²) in [4.78, 5) is 22.4. The topological polar surface area (TPSA) is 66.4 Å². The molecule has 0 unspecified atom stereocenters. The molecule has 0 radical (unpaired) electrons. The van der Waals surface area contributed by atoms with Gasteiger partial charge in [0, 0.05) is 11.8 Å². The summed E-state index contributed by atoms with van der Waals surface area (Å²) < 4.78 is 0. The molecule has 0 bridgehead atoms. The Kier molecular flexibility index (Phi) is 4.87. The molecule has 0 aliphatic heterocycles. The van der Waals surface area contributed by atoms with Crippen molar-refractivity contribution in [2.75, 3.05) is 5.32 Å². The van der Waals surface area contributed by atoms with Gasteiger partial charge in [-0.2, -0.15) is 0 Å². The van der Waals surface area contributed by atoms with E-state index in [1.54, 1.807) is 37.3 Å². The van der Waals surface area contributed by atoms with Gasteiger partial charge < -0.3 is 10.4 Å². The summed E-state index contributed by atoms with van der Waals surface area (Å²) in [5.74, 6) is -1.30. The summed E-state index contributed by atoms with van der Waals surface area (Å²) in [7, 11) is 0. The minimum Gasteiger partial charge on any atom is -0.478 e. The third kappa shape index (κ3) is 3.90. The number of carboxylic acids is 1. The number of amides is 1. The molecule has 1 rings (SSSR count). The second-order valence-corrected chi connectivity index (χ2v) is 3.71. The van der Waals surface area contributed by atoms with Crippen molar-refractivity contribution in [3.05, 3.63) is 53.6 Å². The van der Waals surface area contributed by atoms with Gasteiger partial charge in [0.2, 0.25) is 5.91 Å². The molecule has 4 nitrogen and oxygen atoms in total. The van der Waals surface area contributed by atoms with Gasteiger partial charge in [0.1, 0.15) is 0 Å². The molecule has 0 heterocycles. The predicted molar refractivity (Wildman–Crippen MR) is 70.7 cm³/mol. The van der Waals surface area contributed by atoms with Crippen molar-refractivity contribution in [1.29, 1.82) is 0 Å². The third-order valence-corrected chi connectivity index (χ3v) is 2.29. The van der Waals surface area contributed by atoms with Crippen LogP contribution < -0.4 is 5.32 Å². The molecule has 0 aromatic heterocycles. The Bertz CT molecular complexity index is 516. The zero-order valence-corrected chi connectivity index (χ0v) is 10.3. The lowest BCUT2D eigenvalue weighted by Crippen LogP contribution is -2.09. The van der Waals surface area contributed by atoms with Crippen LogP contribution in [-0.4, -0.2) is 17.0 Å². The van der Waals surface area contributed by atoms with Gasteiger partial charge in [0.15, 0.2) is 0 Å². The molecule has 1 aromatic rings. The molecule has 0 saturated carbocycles. The normalized spacial score (nSPS) is 11.0. The standard InChI is InChI=1S/C14H15NO3/c1-3-4-5-6-13(16)15-11-8-7-10(2)12(9-11)14(17)18/h3-9H,1-2H3,(H,15,16)(H,17,18)/b4-3+,6-5+. The van der Waals surface area contributed by atoms with E-state index < -0.39 is 5.97 Å². The number of nitrogens with one attached hydrogen (secondary N) is 1. The highest BCUT2D eigenvalue weighted by Crippen LogP contribution is 2.15. The zero-order valence-electron chi connectivity index (χ0n) is 10.3. The van der Waals surface area contributed by atoms with E-state index >= 15 is 0 Å². The van der Waals surface area contributed by atoms with Gasteiger partial charge in [0.05, 0.1) is 5.56 Å². The molecule has 94 valence electrons. The Labute approximate surface area is 106 Å². The van der Waals surface area contributed by atoms with Crippen LogP contribution in [0.2, 0.25) is 0 Å². The van der Waals surface area contributed by atoms with Crippen molar-refractivity contribution >= 4 is 17.6 Å². The summed E-state index contributed by atoms with van der Waals surface area (Å²) in [6.45, 7) is 3.56. The van der Waals surface area contributed by atoms with Crippen LogP contribution in [0, 0.1) is 6.92 Å². The van der Waals surface area contributed by atoms with E-state index in [0.717, 1.165) is 0 Å². The van der Waals surface area contributed by atoms with Crippen LogP contribution in [0.3, 0.4) is 0 Å². The molecule has 1 amide bonds. The lowest BCUT2D eigenvalue weighted by Gasteiger charge is -2.05. The van der Waals surface area contributed by atoms with E-state index in [4.69, 9.17) is 5.11 Å². The Morgan fingerprint density at radius 3 is 2.61 bits per heavy atom. The minimum atomic E-state index is -1.01. The molecule has 0 aliphatic rings. The minimum absolute atomic E-state index is 0.185. The summed E-state index contributed by atoms with van der Waals surface area (Å²) in [5.41, 5.74) is 1.31. The molecule has 2 N–H and O–H groups in total. The number of aromatic carboxylic acids is 1. The number of carbonyl (C=O) groups is 2.